The lowest BCUT2D eigenvalue weighted by atomic mass is 9.76. The molecule has 0 saturated heterocycles. The van der Waals surface area contributed by atoms with Crippen LogP contribution in [0.2, 0.25) is 0 Å². The molecule has 3 aliphatic rings. The molecule has 3 saturated carbocycles. The SMILES string of the molecule is COc1cc(C#N)c(OC2CCC(C)(C=O)CC2)cc1C(=O)N[C@@H]1[C@H]2CC[C@@H](C2)[C@@H]1C(=O)N(P)[C@@H](C)C(C)(C)C. The number of rotatable bonds is 8. The molecule has 0 aliphatic heterocycles. The first-order chi connectivity index (χ1) is 18.8. The average Bonchev–Trinajstić information content (AvgIpc) is 3.54. The Morgan fingerprint density at radius 2 is 1.82 bits per heavy atom. The van der Waals surface area contributed by atoms with Crippen LogP contribution in [0.4, 0.5) is 0 Å². The van der Waals surface area contributed by atoms with Gasteiger partial charge in [-0.25, -0.2) is 0 Å². The second kappa shape index (κ2) is 11.7. The molecule has 1 unspecified atom stereocenters. The van der Waals surface area contributed by atoms with Crippen LogP contribution in [0.5, 0.6) is 11.5 Å². The van der Waals surface area contributed by atoms with Gasteiger partial charge in [0.1, 0.15) is 23.9 Å². The van der Waals surface area contributed by atoms with Crippen LogP contribution in [0.3, 0.4) is 0 Å². The predicted molar refractivity (Wildman–Crippen MR) is 156 cm³/mol. The number of amides is 2. The molecule has 3 fully saturated rings. The molecule has 1 aromatic rings. The molecule has 2 bridgehead atoms. The standard InChI is InChI=1S/C31H44N3O5P/c1-18(30(2,3)4)34(40)29(37)26-19-7-8-20(13-19)27(26)33-28(36)23-15-24(21(16-32)14-25(23)38-6)39-22-9-11-31(5,17-35)12-10-22/h14-15,17-20,22,26-27H,7-13,40H2,1-6H3,(H,33,36)/t18-,19-,20-,22?,26-,27+,31?/m0/s1. The highest BCUT2D eigenvalue weighted by atomic mass is 31.0. The van der Waals surface area contributed by atoms with Gasteiger partial charge in [0.05, 0.1) is 30.3 Å². The van der Waals surface area contributed by atoms with E-state index in [1.165, 1.54) is 7.11 Å². The highest BCUT2D eigenvalue weighted by Gasteiger charge is 2.53. The maximum absolute atomic E-state index is 13.8. The summed E-state index contributed by atoms with van der Waals surface area (Å²) in [6, 6.07) is 5.05. The van der Waals surface area contributed by atoms with Gasteiger partial charge in [-0.05, 0) is 84.6 Å². The van der Waals surface area contributed by atoms with Gasteiger partial charge in [-0.2, -0.15) is 5.26 Å². The first kappa shape index (κ1) is 30.3. The lowest BCUT2D eigenvalue weighted by Crippen LogP contribution is -2.51. The molecule has 6 atom stereocenters. The minimum absolute atomic E-state index is 0.0167. The summed E-state index contributed by atoms with van der Waals surface area (Å²) in [5.41, 5.74) is 0.156. The van der Waals surface area contributed by atoms with Crippen molar-refractivity contribution in [3.05, 3.63) is 23.3 Å². The summed E-state index contributed by atoms with van der Waals surface area (Å²) in [6.07, 6.45) is 6.62. The van der Waals surface area contributed by atoms with E-state index in [1.807, 2.05) is 6.92 Å². The van der Waals surface area contributed by atoms with E-state index < -0.39 is 0 Å². The van der Waals surface area contributed by atoms with Gasteiger partial charge >= 0.3 is 0 Å². The van der Waals surface area contributed by atoms with Crippen LogP contribution >= 0.6 is 9.39 Å². The van der Waals surface area contributed by atoms with Crippen molar-refractivity contribution >= 4 is 27.5 Å². The number of benzene rings is 1. The van der Waals surface area contributed by atoms with Gasteiger partial charge in [0.15, 0.2) is 0 Å². The molecule has 0 aromatic heterocycles. The Labute approximate surface area is 240 Å². The second-order valence-corrected chi connectivity index (χ2v) is 14.0. The second-order valence-electron chi connectivity index (χ2n) is 13.4. The molecular weight excluding hydrogens is 525 g/mol. The predicted octanol–water partition coefficient (Wildman–Crippen LogP) is 5.29. The van der Waals surface area contributed by atoms with Crippen molar-refractivity contribution in [1.82, 2.24) is 9.99 Å². The van der Waals surface area contributed by atoms with E-state index in [-0.39, 0.29) is 64.1 Å². The van der Waals surface area contributed by atoms with Gasteiger partial charge in [-0.3, -0.25) is 9.59 Å². The number of nitriles is 1. The summed E-state index contributed by atoms with van der Waals surface area (Å²) in [5, 5.41) is 13.0. The Morgan fingerprint density at radius 3 is 2.40 bits per heavy atom. The third-order valence-electron chi connectivity index (χ3n) is 9.74. The maximum atomic E-state index is 13.8. The van der Waals surface area contributed by atoms with E-state index in [9.17, 15) is 19.6 Å². The van der Waals surface area contributed by atoms with Gasteiger partial charge in [0, 0.05) is 23.6 Å². The lowest BCUT2D eigenvalue weighted by Gasteiger charge is -2.39. The van der Waals surface area contributed by atoms with E-state index in [1.54, 1.807) is 16.8 Å². The highest BCUT2D eigenvalue weighted by molar-refractivity contribution is 7.14. The summed E-state index contributed by atoms with van der Waals surface area (Å²) >= 11 is 0. The van der Waals surface area contributed by atoms with Crippen LogP contribution in [0.1, 0.15) is 95.5 Å². The van der Waals surface area contributed by atoms with Gasteiger partial charge < -0.3 is 24.3 Å². The Kier molecular flexibility index (Phi) is 8.85. The zero-order valence-corrected chi connectivity index (χ0v) is 25.8. The number of nitrogens with one attached hydrogen (secondary N) is 1. The minimum Gasteiger partial charge on any atom is -0.496 e. The lowest BCUT2D eigenvalue weighted by molar-refractivity contribution is -0.135. The quantitative estimate of drug-likeness (QED) is 0.337. The van der Waals surface area contributed by atoms with E-state index in [0.717, 1.165) is 25.5 Å². The molecule has 1 aromatic carbocycles. The summed E-state index contributed by atoms with van der Waals surface area (Å²) in [7, 11) is 4.09. The maximum Gasteiger partial charge on any atom is 0.255 e. The monoisotopic (exact) mass is 569 g/mol. The molecule has 0 heterocycles. The number of nitrogens with zero attached hydrogens (tertiary/aromatic N) is 2. The summed E-state index contributed by atoms with van der Waals surface area (Å²) in [5.74, 6) is 0.573. The first-order valence-corrected chi connectivity index (χ1v) is 15.0. The number of fused-ring (bicyclic) bond motifs is 2. The van der Waals surface area contributed by atoms with Crippen molar-refractivity contribution in [3.63, 3.8) is 0 Å². The third kappa shape index (κ3) is 6.00. The van der Waals surface area contributed by atoms with Crippen LogP contribution < -0.4 is 14.8 Å². The van der Waals surface area contributed by atoms with Crippen LogP contribution in [0.15, 0.2) is 12.1 Å². The molecule has 3 aliphatic carbocycles. The van der Waals surface area contributed by atoms with Crippen LogP contribution in [0, 0.1) is 39.9 Å². The Hall–Kier alpha value is -2.65. The Morgan fingerprint density at radius 1 is 1.18 bits per heavy atom. The van der Waals surface area contributed by atoms with Crippen molar-refractivity contribution in [2.75, 3.05) is 7.11 Å². The number of aldehydes is 1. The van der Waals surface area contributed by atoms with Gasteiger partial charge in [0.2, 0.25) is 5.91 Å². The number of carbonyl (C=O) groups excluding carboxylic acids is 3. The van der Waals surface area contributed by atoms with E-state index in [2.05, 4.69) is 48.5 Å². The first-order valence-electron chi connectivity index (χ1n) is 14.5. The molecule has 1 N–H and O–H groups in total. The molecule has 2 amide bonds. The molecule has 40 heavy (non-hydrogen) atoms. The number of ether oxygens (including phenoxy) is 2. The number of methoxy groups -OCH3 is 1. The van der Waals surface area contributed by atoms with Crippen LogP contribution in [-0.4, -0.2) is 48.1 Å². The van der Waals surface area contributed by atoms with E-state index in [4.69, 9.17) is 9.47 Å². The summed E-state index contributed by atoms with van der Waals surface area (Å²) < 4.78 is 13.5. The van der Waals surface area contributed by atoms with E-state index >= 15 is 0 Å². The summed E-state index contributed by atoms with van der Waals surface area (Å²) in [6.45, 7) is 10.4. The van der Waals surface area contributed by atoms with Crippen molar-refractivity contribution in [3.8, 4) is 17.6 Å². The Balaban J connectivity index is 1.56. The molecule has 8 nitrogen and oxygen atoms in total. The van der Waals surface area contributed by atoms with Crippen molar-refractivity contribution in [1.29, 1.82) is 5.26 Å². The molecule has 218 valence electrons. The molecular formula is C31H44N3O5P. The van der Waals surface area contributed by atoms with Crippen molar-refractivity contribution in [2.45, 2.75) is 97.8 Å². The molecule has 4 rings (SSSR count). The van der Waals surface area contributed by atoms with Gasteiger partial charge in [0.25, 0.3) is 5.91 Å². The number of hydrogen-bond acceptors (Lipinski definition) is 6. The van der Waals surface area contributed by atoms with E-state index in [0.29, 0.717) is 42.7 Å². The van der Waals surface area contributed by atoms with Crippen molar-refractivity contribution < 1.29 is 23.9 Å². The number of carbonyl (C=O) groups is 3. The minimum atomic E-state index is -0.339. The highest BCUT2D eigenvalue weighted by Crippen LogP contribution is 2.50. The molecule has 9 heteroatoms. The average molecular weight is 570 g/mol. The normalized spacial score (nSPS) is 30.2. The van der Waals surface area contributed by atoms with Crippen LogP contribution in [0.25, 0.3) is 0 Å². The smallest absolute Gasteiger partial charge is 0.255 e. The fourth-order valence-corrected chi connectivity index (χ4v) is 7.24. The zero-order chi connectivity index (χ0) is 29.4. The largest absolute Gasteiger partial charge is 0.496 e. The van der Waals surface area contributed by atoms with Gasteiger partial charge in [-0.15, -0.1) is 0 Å². The fraction of sp³-hybridized carbons (Fsp3) is 0.677. The third-order valence-corrected chi connectivity index (χ3v) is 10.4. The Bertz CT molecular complexity index is 1180. The fourth-order valence-electron chi connectivity index (χ4n) is 6.62. The molecule has 0 spiro atoms. The zero-order valence-electron chi connectivity index (χ0n) is 24.7. The topological polar surface area (TPSA) is 109 Å². The van der Waals surface area contributed by atoms with Gasteiger partial charge in [-0.1, -0.05) is 27.7 Å². The van der Waals surface area contributed by atoms with Crippen LogP contribution in [-0.2, 0) is 9.59 Å². The summed E-state index contributed by atoms with van der Waals surface area (Å²) in [4.78, 5) is 38.9. The number of hydrogen-bond donors (Lipinski definition) is 1. The van der Waals surface area contributed by atoms with Crippen molar-refractivity contribution in [2.24, 2.45) is 28.6 Å². The molecule has 0 radical (unpaired) electrons.